The van der Waals surface area contributed by atoms with Gasteiger partial charge in [-0.1, -0.05) is 11.8 Å². The smallest absolute Gasteiger partial charge is 0.175 e. The molecule has 0 fully saturated rings. The van der Waals surface area contributed by atoms with E-state index in [1.807, 2.05) is 43.7 Å². The summed E-state index contributed by atoms with van der Waals surface area (Å²) in [6.07, 6.45) is 1.16. The molecule has 146 valence electrons. The molecule has 1 unspecified atom stereocenters. The lowest BCUT2D eigenvalue weighted by Crippen LogP contribution is -2.05. The third-order valence-corrected chi connectivity index (χ3v) is 5.58. The van der Waals surface area contributed by atoms with E-state index in [0.29, 0.717) is 6.61 Å². The third-order valence-electron chi connectivity index (χ3n) is 4.61. The molecule has 7 heteroatoms. The van der Waals surface area contributed by atoms with Crippen molar-refractivity contribution in [3.8, 4) is 17.3 Å². The summed E-state index contributed by atoms with van der Waals surface area (Å²) in [5, 5.41) is 14.0. The number of ether oxygens (including phenoxy) is 2. The number of hydrogen-bond donors (Lipinski definition) is 0. The van der Waals surface area contributed by atoms with E-state index in [4.69, 9.17) is 9.47 Å². The lowest BCUT2D eigenvalue weighted by Gasteiger charge is -2.12. The topological polar surface area (TPSA) is 62.1 Å². The van der Waals surface area contributed by atoms with Gasteiger partial charge in [-0.3, -0.25) is 0 Å². The zero-order chi connectivity index (χ0) is 19.7. The summed E-state index contributed by atoms with van der Waals surface area (Å²) in [7, 11) is 0. The second-order valence-corrected chi connectivity index (χ2v) is 7.99. The Bertz CT molecular complexity index is 985. The van der Waals surface area contributed by atoms with Crippen LogP contribution in [0.4, 0.5) is 0 Å². The van der Waals surface area contributed by atoms with Gasteiger partial charge in [-0.2, -0.15) is 5.10 Å². The van der Waals surface area contributed by atoms with Crippen molar-refractivity contribution in [2.45, 2.75) is 51.0 Å². The van der Waals surface area contributed by atoms with Crippen molar-refractivity contribution in [3.05, 3.63) is 52.8 Å². The van der Waals surface area contributed by atoms with Gasteiger partial charge in [0, 0.05) is 29.0 Å². The molecule has 0 radical (unpaired) electrons. The van der Waals surface area contributed by atoms with Crippen LogP contribution in [-0.2, 0) is 12.2 Å². The summed E-state index contributed by atoms with van der Waals surface area (Å²) >= 11 is 1.63. The van der Waals surface area contributed by atoms with Crippen LogP contribution in [0.2, 0.25) is 0 Å². The molecule has 3 aromatic rings. The summed E-state index contributed by atoms with van der Waals surface area (Å²) in [6, 6.07) is 10.2. The molecule has 0 spiro atoms. The highest BCUT2D eigenvalue weighted by atomic mass is 32.2. The van der Waals surface area contributed by atoms with E-state index in [1.165, 1.54) is 5.56 Å². The first-order valence-electron chi connectivity index (χ1n) is 9.49. The van der Waals surface area contributed by atoms with Crippen molar-refractivity contribution in [3.63, 3.8) is 0 Å². The number of thioether (sulfide) groups is 1. The molecule has 28 heavy (non-hydrogen) atoms. The zero-order valence-corrected chi connectivity index (χ0v) is 17.4. The Morgan fingerprint density at radius 2 is 2.07 bits per heavy atom. The van der Waals surface area contributed by atoms with Gasteiger partial charge in [0.1, 0.15) is 22.6 Å². The van der Waals surface area contributed by atoms with Crippen LogP contribution in [0, 0.1) is 13.8 Å². The summed E-state index contributed by atoms with van der Waals surface area (Å²) in [5.74, 6) is 3.37. The van der Waals surface area contributed by atoms with Gasteiger partial charge >= 0.3 is 0 Å². The van der Waals surface area contributed by atoms with E-state index in [1.54, 1.807) is 11.8 Å². The minimum absolute atomic E-state index is 0.222. The van der Waals surface area contributed by atoms with Gasteiger partial charge in [0.15, 0.2) is 5.82 Å². The summed E-state index contributed by atoms with van der Waals surface area (Å²) in [4.78, 5) is 0. The van der Waals surface area contributed by atoms with Gasteiger partial charge in [0.2, 0.25) is 0 Å². The lowest BCUT2D eigenvalue weighted by molar-refractivity contribution is 0.254. The number of benzene rings is 1. The van der Waals surface area contributed by atoms with Crippen molar-refractivity contribution in [1.29, 1.82) is 0 Å². The molecule has 0 bridgehead atoms. The maximum Gasteiger partial charge on any atom is 0.175 e. The average molecular weight is 397 g/mol. The van der Waals surface area contributed by atoms with Crippen LogP contribution in [0.25, 0.3) is 5.82 Å². The molecule has 0 saturated heterocycles. The SMILES string of the molecule is CCOc1cc2c(cc1CSc1ccc(-n3nc(C)cc3C)nn1)OC(C)C2. The molecule has 2 aromatic heterocycles. The first-order valence-corrected chi connectivity index (χ1v) is 10.5. The molecule has 6 nitrogen and oxygen atoms in total. The highest BCUT2D eigenvalue weighted by molar-refractivity contribution is 7.98. The molecule has 1 aliphatic heterocycles. The average Bonchev–Trinajstić information content (AvgIpc) is 3.20. The van der Waals surface area contributed by atoms with Gasteiger partial charge < -0.3 is 9.47 Å². The lowest BCUT2D eigenvalue weighted by atomic mass is 10.1. The van der Waals surface area contributed by atoms with Gasteiger partial charge in [-0.15, -0.1) is 10.2 Å². The van der Waals surface area contributed by atoms with Crippen molar-refractivity contribution < 1.29 is 9.47 Å². The zero-order valence-electron chi connectivity index (χ0n) is 16.6. The molecule has 1 aromatic carbocycles. The third kappa shape index (κ3) is 3.85. The van der Waals surface area contributed by atoms with Gasteiger partial charge in [0.05, 0.1) is 12.3 Å². The molecule has 3 heterocycles. The second-order valence-electron chi connectivity index (χ2n) is 6.99. The van der Waals surface area contributed by atoms with Crippen LogP contribution in [0.1, 0.15) is 36.4 Å². The highest BCUT2D eigenvalue weighted by Gasteiger charge is 2.22. The summed E-state index contributed by atoms with van der Waals surface area (Å²) in [5.41, 5.74) is 4.35. The summed E-state index contributed by atoms with van der Waals surface area (Å²) in [6.45, 7) is 8.72. The Hall–Kier alpha value is -2.54. The number of rotatable bonds is 6. The van der Waals surface area contributed by atoms with Crippen LogP contribution in [0.15, 0.2) is 35.4 Å². The fraction of sp³-hybridized carbons (Fsp3) is 0.381. The second kappa shape index (κ2) is 7.83. The number of aromatic nitrogens is 4. The summed E-state index contributed by atoms with van der Waals surface area (Å²) < 4.78 is 13.6. The van der Waals surface area contributed by atoms with E-state index in [0.717, 1.165) is 51.5 Å². The maximum absolute atomic E-state index is 5.91. The fourth-order valence-corrected chi connectivity index (χ4v) is 4.19. The standard InChI is InChI=1S/C21H24N4O2S/c1-5-26-18-10-16-9-15(4)27-19(16)11-17(18)12-28-21-7-6-20(22-23-21)25-14(3)8-13(2)24-25/h6-8,10-11,15H,5,9,12H2,1-4H3. The van der Waals surface area contributed by atoms with Crippen molar-refractivity contribution in [1.82, 2.24) is 20.0 Å². The Kier molecular flexibility index (Phi) is 5.26. The van der Waals surface area contributed by atoms with Crippen LogP contribution < -0.4 is 9.47 Å². The van der Waals surface area contributed by atoms with Gasteiger partial charge in [0.25, 0.3) is 0 Å². The molecular weight excluding hydrogens is 372 g/mol. The Morgan fingerprint density at radius 3 is 2.75 bits per heavy atom. The minimum Gasteiger partial charge on any atom is -0.494 e. The molecular formula is C21H24N4O2S. The molecule has 0 amide bonds. The molecule has 1 atom stereocenters. The fourth-order valence-electron chi connectivity index (χ4n) is 3.40. The van der Waals surface area contributed by atoms with Gasteiger partial charge in [-0.05, 0) is 58.0 Å². The van der Waals surface area contributed by atoms with Crippen LogP contribution in [-0.4, -0.2) is 32.7 Å². The quantitative estimate of drug-likeness (QED) is 0.579. The van der Waals surface area contributed by atoms with Crippen LogP contribution in [0.5, 0.6) is 11.5 Å². The van der Waals surface area contributed by atoms with E-state index < -0.39 is 0 Å². The molecule has 0 aliphatic carbocycles. The Balaban J connectivity index is 1.50. The van der Waals surface area contributed by atoms with Crippen molar-refractivity contribution in [2.24, 2.45) is 0 Å². The van der Waals surface area contributed by atoms with E-state index >= 15 is 0 Å². The van der Waals surface area contributed by atoms with E-state index in [9.17, 15) is 0 Å². The number of nitrogens with zero attached hydrogens (tertiary/aromatic N) is 4. The first kappa shape index (κ1) is 18.8. The number of hydrogen-bond acceptors (Lipinski definition) is 6. The van der Waals surface area contributed by atoms with Gasteiger partial charge in [-0.25, -0.2) is 4.68 Å². The molecule has 0 saturated carbocycles. The number of aryl methyl sites for hydroxylation is 2. The maximum atomic E-state index is 5.91. The monoisotopic (exact) mass is 396 g/mol. The van der Waals surface area contributed by atoms with Crippen molar-refractivity contribution >= 4 is 11.8 Å². The largest absolute Gasteiger partial charge is 0.494 e. The molecule has 4 rings (SSSR count). The predicted molar refractivity (Wildman–Crippen MR) is 110 cm³/mol. The van der Waals surface area contributed by atoms with Crippen LogP contribution in [0.3, 0.4) is 0 Å². The molecule has 0 N–H and O–H groups in total. The van der Waals surface area contributed by atoms with E-state index in [2.05, 4.69) is 34.4 Å². The Morgan fingerprint density at radius 1 is 1.21 bits per heavy atom. The first-order chi connectivity index (χ1) is 13.5. The van der Waals surface area contributed by atoms with E-state index in [-0.39, 0.29) is 6.10 Å². The number of fused-ring (bicyclic) bond motifs is 1. The van der Waals surface area contributed by atoms with Crippen molar-refractivity contribution in [2.75, 3.05) is 6.61 Å². The van der Waals surface area contributed by atoms with Crippen LogP contribution >= 0.6 is 11.8 Å². The predicted octanol–water partition coefficient (Wildman–Crippen LogP) is 4.29. The molecule has 1 aliphatic rings. The minimum atomic E-state index is 0.222. The normalized spacial score (nSPS) is 15.4. The highest BCUT2D eigenvalue weighted by Crippen LogP contribution is 2.37. The Labute approximate surface area is 169 Å².